The van der Waals surface area contributed by atoms with E-state index >= 15 is 0 Å². The average molecular weight is 353 g/mol. The molecule has 138 valence electrons. The van der Waals surface area contributed by atoms with Crippen LogP contribution in [-0.2, 0) is 0 Å². The number of aryl methyl sites for hydroxylation is 2. The van der Waals surface area contributed by atoms with Gasteiger partial charge in [-0.1, -0.05) is 30.3 Å². The molecule has 5 heteroatoms. The maximum Gasteiger partial charge on any atom is 0.271 e. The number of nitrogens with zero attached hydrogens (tertiary/aromatic N) is 1. The highest BCUT2D eigenvalue weighted by Crippen LogP contribution is 2.31. The Morgan fingerprint density at radius 1 is 1.15 bits per heavy atom. The molecule has 2 aromatic heterocycles. The van der Waals surface area contributed by atoms with E-state index in [1.165, 1.54) is 0 Å². The molecule has 0 spiro atoms. The third-order valence-electron chi connectivity index (χ3n) is 4.20. The molecule has 0 bridgehead atoms. The Morgan fingerprint density at radius 3 is 2.42 bits per heavy atom. The molecule has 2 N–H and O–H groups in total. The second-order valence-electron chi connectivity index (χ2n) is 6.31. The van der Waals surface area contributed by atoms with E-state index in [9.17, 15) is 4.79 Å². The van der Waals surface area contributed by atoms with Gasteiger partial charge in [-0.2, -0.15) is 0 Å². The van der Waals surface area contributed by atoms with Crippen LogP contribution in [0.4, 0.5) is 0 Å². The van der Waals surface area contributed by atoms with Crippen LogP contribution >= 0.6 is 0 Å². The summed E-state index contributed by atoms with van der Waals surface area (Å²) in [5.41, 5.74) is 5.12. The highest BCUT2D eigenvalue weighted by Gasteiger charge is 2.19. The van der Waals surface area contributed by atoms with Crippen LogP contribution in [0.5, 0.6) is 5.75 Å². The molecule has 0 fully saturated rings. The number of aromatic amines is 1. The lowest BCUT2D eigenvalue weighted by molar-refractivity contribution is 0.0952. The van der Waals surface area contributed by atoms with Crippen molar-refractivity contribution in [1.29, 1.82) is 0 Å². The lowest BCUT2D eigenvalue weighted by Crippen LogP contribution is -2.19. The number of aromatic nitrogens is 2. The lowest BCUT2D eigenvalue weighted by atomic mass is 10.1. The summed E-state index contributed by atoms with van der Waals surface area (Å²) in [6.45, 7) is 5.87. The zero-order chi connectivity index (χ0) is 18.7. The molecule has 0 radical (unpaired) electrons. The number of H-pyrrole nitrogens is 1. The number of amides is 1. The molecule has 26 heavy (non-hydrogen) atoms. The van der Waals surface area contributed by atoms with Gasteiger partial charge in [0.25, 0.3) is 5.91 Å². The number of hydrogen-bond donors (Lipinski definition) is 2. The minimum absolute atomic E-state index is 0. The molecule has 0 unspecified atom stereocenters. The van der Waals surface area contributed by atoms with Gasteiger partial charge in [-0.25, -0.2) is 0 Å². The third-order valence-corrected chi connectivity index (χ3v) is 4.20. The van der Waals surface area contributed by atoms with Crippen molar-refractivity contribution >= 4 is 5.91 Å². The molecule has 0 aliphatic heterocycles. The predicted molar refractivity (Wildman–Crippen MR) is 107 cm³/mol. The van der Waals surface area contributed by atoms with Gasteiger partial charge in [-0.15, -0.1) is 0 Å². The summed E-state index contributed by atoms with van der Waals surface area (Å²) in [5.74, 6) is 0.317. The number of benzene rings is 1. The normalized spacial score (nSPS) is 11.8. The Balaban J connectivity index is 0.00000196. The van der Waals surface area contributed by atoms with E-state index < -0.39 is 0 Å². The van der Waals surface area contributed by atoms with Crippen molar-refractivity contribution in [3.05, 3.63) is 71.2 Å². The van der Waals surface area contributed by atoms with Crippen molar-refractivity contribution in [2.45, 2.75) is 26.9 Å². The van der Waals surface area contributed by atoms with Crippen molar-refractivity contribution in [2.24, 2.45) is 0 Å². The third kappa shape index (κ3) is 3.77. The van der Waals surface area contributed by atoms with Gasteiger partial charge in [0.05, 0.1) is 0 Å². The number of carbonyl (C=O) groups is 1. The maximum absolute atomic E-state index is 12.3. The van der Waals surface area contributed by atoms with Crippen LogP contribution in [0.2, 0.25) is 0 Å². The maximum atomic E-state index is 12.3. The van der Waals surface area contributed by atoms with E-state index in [4.69, 9.17) is 4.74 Å². The highest BCUT2D eigenvalue weighted by atomic mass is 16.5. The minimum Gasteiger partial charge on any atom is -0.484 e. The quantitative estimate of drug-likeness (QED) is 0.699. The SMILES string of the molecule is CNC(=O)c1[nH]c(-c2cc(C)nc(C)c2)cc1O[C@@H](C)c1ccccc1.[HH].[HH]. The predicted octanol–water partition coefficient (Wildman–Crippen LogP) is 4.69. The van der Waals surface area contributed by atoms with Gasteiger partial charge in [0, 0.05) is 38.6 Å². The first-order valence-corrected chi connectivity index (χ1v) is 8.60. The molecule has 1 aromatic carbocycles. The van der Waals surface area contributed by atoms with Crippen molar-refractivity contribution < 1.29 is 12.4 Å². The number of ether oxygens (including phenoxy) is 1. The van der Waals surface area contributed by atoms with Gasteiger partial charge >= 0.3 is 0 Å². The molecule has 5 nitrogen and oxygen atoms in total. The molecular formula is C21H27N3O2. The van der Waals surface area contributed by atoms with E-state index in [2.05, 4.69) is 15.3 Å². The number of rotatable bonds is 5. The number of carbonyl (C=O) groups excluding carboxylic acids is 1. The van der Waals surface area contributed by atoms with Gasteiger partial charge in [-0.3, -0.25) is 9.78 Å². The molecule has 1 amide bonds. The fourth-order valence-corrected chi connectivity index (χ4v) is 2.95. The molecular weight excluding hydrogens is 326 g/mol. The van der Waals surface area contributed by atoms with Gasteiger partial charge in [0.15, 0.2) is 5.75 Å². The van der Waals surface area contributed by atoms with E-state index in [-0.39, 0.29) is 14.9 Å². The lowest BCUT2D eigenvalue weighted by Gasteiger charge is -2.14. The Kier molecular flexibility index (Phi) is 5.07. The standard InChI is InChI=1S/C21H23N3O2.2H2/c1-13-10-17(11-14(2)23-13)18-12-19(20(24-18)21(25)22-4)26-15(3)16-8-6-5-7-9-16;;/h5-12,15,24H,1-4H3,(H,22,25);2*1H/t15-;;/m0../s1. The molecule has 1 atom stereocenters. The molecule has 0 aliphatic carbocycles. The van der Waals surface area contributed by atoms with Crippen LogP contribution < -0.4 is 10.1 Å². The van der Waals surface area contributed by atoms with Crippen LogP contribution in [-0.4, -0.2) is 22.9 Å². The Labute approximate surface area is 156 Å². The molecule has 0 saturated carbocycles. The Morgan fingerprint density at radius 2 is 1.81 bits per heavy atom. The van der Waals surface area contributed by atoms with Crippen molar-refractivity contribution in [1.82, 2.24) is 15.3 Å². The van der Waals surface area contributed by atoms with Crippen LogP contribution in [0.1, 0.15) is 43.3 Å². The summed E-state index contributed by atoms with van der Waals surface area (Å²) < 4.78 is 6.11. The van der Waals surface area contributed by atoms with Gasteiger partial charge in [0.1, 0.15) is 11.8 Å². The van der Waals surface area contributed by atoms with Crippen molar-refractivity contribution in [3.63, 3.8) is 0 Å². The molecule has 2 heterocycles. The fourth-order valence-electron chi connectivity index (χ4n) is 2.95. The van der Waals surface area contributed by atoms with E-state index in [1.54, 1.807) is 7.05 Å². The van der Waals surface area contributed by atoms with Gasteiger partial charge in [-0.05, 0) is 38.5 Å². The Bertz CT molecular complexity index is 906. The van der Waals surface area contributed by atoms with Crippen LogP contribution in [0, 0.1) is 13.8 Å². The summed E-state index contributed by atoms with van der Waals surface area (Å²) >= 11 is 0. The van der Waals surface area contributed by atoms with Gasteiger partial charge in [0.2, 0.25) is 0 Å². The number of nitrogens with one attached hydrogen (secondary N) is 2. The highest BCUT2D eigenvalue weighted by molar-refractivity contribution is 5.96. The Hall–Kier alpha value is -3.08. The summed E-state index contributed by atoms with van der Waals surface area (Å²) in [7, 11) is 1.61. The first-order valence-electron chi connectivity index (χ1n) is 8.60. The summed E-state index contributed by atoms with van der Waals surface area (Å²) in [5, 5.41) is 2.66. The summed E-state index contributed by atoms with van der Waals surface area (Å²) in [6.07, 6.45) is -0.177. The summed E-state index contributed by atoms with van der Waals surface area (Å²) in [4.78, 5) is 19.9. The number of hydrogen-bond acceptors (Lipinski definition) is 3. The molecule has 0 saturated heterocycles. The summed E-state index contributed by atoms with van der Waals surface area (Å²) in [6, 6.07) is 15.8. The largest absolute Gasteiger partial charge is 0.484 e. The zero-order valence-corrected chi connectivity index (χ0v) is 15.5. The minimum atomic E-state index is -0.214. The number of pyridine rings is 1. The first kappa shape index (κ1) is 17.7. The van der Waals surface area contributed by atoms with E-state index in [1.807, 2.05) is 69.3 Å². The first-order chi connectivity index (χ1) is 12.5. The second-order valence-corrected chi connectivity index (χ2v) is 6.31. The molecule has 3 aromatic rings. The topological polar surface area (TPSA) is 67.0 Å². The smallest absolute Gasteiger partial charge is 0.271 e. The van der Waals surface area contributed by atoms with Crippen molar-refractivity contribution in [3.8, 4) is 17.0 Å². The van der Waals surface area contributed by atoms with Crippen LogP contribution in [0.25, 0.3) is 11.3 Å². The average Bonchev–Trinajstić information content (AvgIpc) is 3.05. The molecule has 0 aliphatic rings. The monoisotopic (exact) mass is 353 g/mol. The van der Waals surface area contributed by atoms with Crippen LogP contribution in [0.15, 0.2) is 48.5 Å². The van der Waals surface area contributed by atoms with E-state index in [0.717, 1.165) is 28.2 Å². The second kappa shape index (κ2) is 7.44. The van der Waals surface area contributed by atoms with Crippen LogP contribution in [0.3, 0.4) is 0 Å². The van der Waals surface area contributed by atoms with Crippen molar-refractivity contribution in [2.75, 3.05) is 7.05 Å². The van der Waals surface area contributed by atoms with Gasteiger partial charge < -0.3 is 15.0 Å². The molecule has 3 rings (SSSR count). The van der Waals surface area contributed by atoms with E-state index in [0.29, 0.717) is 11.4 Å². The fraction of sp³-hybridized carbons (Fsp3) is 0.238. The zero-order valence-electron chi connectivity index (χ0n) is 15.5.